The fraction of sp³-hybridized carbons (Fsp3) is 0.833. The van der Waals surface area contributed by atoms with Gasteiger partial charge in [-0.25, -0.2) is 0 Å². The van der Waals surface area contributed by atoms with Crippen LogP contribution in [0.2, 0.25) is 0 Å². The molecule has 2 aliphatic carbocycles. The van der Waals surface area contributed by atoms with E-state index in [4.69, 9.17) is 0 Å². The van der Waals surface area contributed by atoms with Gasteiger partial charge in [0.25, 0.3) is 0 Å². The van der Waals surface area contributed by atoms with Gasteiger partial charge in [-0.05, 0) is 37.5 Å². The Morgan fingerprint density at radius 1 is 1.54 bits per heavy atom. The molecule has 0 bridgehead atoms. The molecule has 74 valence electrons. The SMILES string of the molecule is CC1=C[C@H]2[C@@H](C[C@H]1[C@@H](C)O)C2(C)C. The van der Waals surface area contributed by atoms with Crippen molar-refractivity contribution in [1.29, 1.82) is 0 Å². The number of fused-ring (bicyclic) bond motifs is 1. The maximum absolute atomic E-state index is 9.61. The lowest BCUT2D eigenvalue weighted by Gasteiger charge is -2.23. The minimum atomic E-state index is -0.173. The zero-order chi connectivity index (χ0) is 9.80. The van der Waals surface area contributed by atoms with E-state index in [0.29, 0.717) is 11.3 Å². The summed E-state index contributed by atoms with van der Waals surface area (Å²) in [5.74, 6) is 2.04. The Bertz CT molecular complexity index is 250. The van der Waals surface area contributed by atoms with Gasteiger partial charge in [0.2, 0.25) is 0 Å². The van der Waals surface area contributed by atoms with Crippen molar-refractivity contribution in [2.24, 2.45) is 23.2 Å². The lowest BCUT2D eigenvalue weighted by Crippen LogP contribution is -2.21. The Morgan fingerprint density at radius 3 is 2.69 bits per heavy atom. The van der Waals surface area contributed by atoms with E-state index in [2.05, 4.69) is 26.8 Å². The molecule has 0 aliphatic heterocycles. The van der Waals surface area contributed by atoms with Gasteiger partial charge in [0.1, 0.15) is 0 Å². The van der Waals surface area contributed by atoms with Crippen LogP contribution in [0.25, 0.3) is 0 Å². The van der Waals surface area contributed by atoms with Crippen LogP contribution in [0.1, 0.15) is 34.1 Å². The highest BCUT2D eigenvalue weighted by atomic mass is 16.3. The predicted octanol–water partition coefficient (Wildman–Crippen LogP) is 2.61. The van der Waals surface area contributed by atoms with E-state index in [1.54, 1.807) is 0 Å². The minimum Gasteiger partial charge on any atom is -0.393 e. The van der Waals surface area contributed by atoms with Gasteiger partial charge in [0, 0.05) is 5.92 Å². The zero-order valence-electron chi connectivity index (χ0n) is 9.04. The average molecular weight is 180 g/mol. The van der Waals surface area contributed by atoms with Gasteiger partial charge in [-0.15, -0.1) is 0 Å². The lowest BCUT2D eigenvalue weighted by atomic mass is 9.85. The van der Waals surface area contributed by atoms with E-state index >= 15 is 0 Å². The predicted molar refractivity (Wildman–Crippen MR) is 54.3 cm³/mol. The van der Waals surface area contributed by atoms with Crippen molar-refractivity contribution in [2.45, 2.75) is 40.2 Å². The van der Waals surface area contributed by atoms with E-state index in [1.165, 1.54) is 12.0 Å². The highest BCUT2D eigenvalue weighted by Crippen LogP contribution is 2.64. The first kappa shape index (κ1) is 9.26. The second-order valence-corrected chi connectivity index (χ2v) is 5.45. The van der Waals surface area contributed by atoms with Crippen LogP contribution >= 0.6 is 0 Å². The van der Waals surface area contributed by atoms with Crippen molar-refractivity contribution < 1.29 is 5.11 Å². The average Bonchev–Trinajstić information content (AvgIpc) is 2.52. The van der Waals surface area contributed by atoms with Crippen LogP contribution in [0.15, 0.2) is 11.6 Å². The summed E-state index contributed by atoms with van der Waals surface area (Å²) in [6, 6.07) is 0. The molecule has 1 nitrogen and oxygen atoms in total. The number of hydrogen-bond donors (Lipinski definition) is 1. The Hall–Kier alpha value is -0.300. The fourth-order valence-electron chi connectivity index (χ4n) is 3.01. The van der Waals surface area contributed by atoms with Crippen LogP contribution < -0.4 is 0 Å². The molecule has 13 heavy (non-hydrogen) atoms. The Kier molecular flexibility index (Phi) is 1.85. The third kappa shape index (κ3) is 1.25. The highest BCUT2D eigenvalue weighted by Gasteiger charge is 2.58. The van der Waals surface area contributed by atoms with Gasteiger partial charge in [-0.1, -0.05) is 25.5 Å². The zero-order valence-corrected chi connectivity index (χ0v) is 9.04. The maximum atomic E-state index is 9.61. The summed E-state index contributed by atoms with van der Waals surface area (Å²) in [6.45, 7) is 8.77. The molecule has 0 aromatic heterocycles. The molecule has 0 saturated heterocycles. The summed E-state index contributed by atoms with van der Waals surface area (Å²) >= 11 is 0. The van der Waals surface area contributed by atoms with Gasteiger partial charge in [0.15, 0.2) is 0 Å². The van der Waals surface area contributed by atoms with Gasteiger partial charge in [-0.2, -0.15) is 0 Å². The molecule has 2 aliphatic rings. The van der Waals surface area contributed by atoms with Crippen LogP contribution in [-0.4, -0.2) is 11.2 Å². The molecule has 0 heterocycles. The van der Waals surface area contributed by atoms with Crippen molar-refractivity contribution >= 4 is 0 Å². The number of aliphatic hydroxyl groups is 1. The quantitative estimate of drug-likeness (QED) is 0.615. The summed E-state index contributed by atoms with van der Waals surface area (Å²) in [5, 5.41) is 9.61. The van der Waals surface area contributed by atoms with Crippen molar-refractivity contribution in [3.05, 3.63) is 11.6 Å². The van der Waals surface area contributed by atoms with Crippen LogP contribution in [0.4, 0.5) is 0 Å². The van der Waals surface area contributed by atoms with E-state index < -0.39 is 0 Å². The second kappa shape index (κ2) is 2.60. The molecule has 4 atom stereocenters. The molecule has 1 fully saturated rings. The summed E-state index contributed by atoms with van der Waals surface area (Å²) in [7, 11) is 0. The second-order valence-electron chi connectivity index (χ2n) is 5.45. The third-order valence-corrected chi connectivity index (χ3v) is 4.26. The topological polar surface area (TPSA) is 20.2 Å². The van der Waals surface area contributed by atoms with Crippen LogP contribution in [0.3, 0.4) is 0 Å². The number of aliphatic hydroxyl groups excluding tert-OH is 1. The molecule has 1 saturated carbocycles. The van der Waals surface area contributed by atoms with Gasteiger partial charge in [0.05, 0.1) is 6.10 Å². The van der Waals surface area contributed by atoms with E-state index in [0.717, 1.165) is 11.8 Å². The molecule has 2 rings (SSSR count). The van der Waals surface area contributed by atoms with Crippen molar-refractivity contribution in [1.82, 2.24) is 0 Å². The van der Waals surface area contributed by atoms with Gasteiger partial charge in [-0.3, -0.25) is 0 Å². The number of rotatable bonds is 1. The fourth-order valence-corrected chi connectivity index (χ4v) is 3.01. The number of allylic oxidation sites excluding steroid dienone is 1. The van der Waals surface area contributed by atoms with Crippen LogP contribution in [0, 0.1) is 23.2 Å². The van der Waals surface area contributed by atoms with Crippen LogP contribution in [-0.2, 0) is 0 Å². The molecule has 0 unspecified atom stereocenters. The van der Waals surface area contributed by atoms with Crippen molar-refractivity contribution in [2.75, 3.05) is 0 Å². The lowest BCUT2D eigenvalue weighted by molar-refractivity contribution is 0.130. The van der Waals surface area contributed by atoms with Crippen LogP contribution in [0.5, 0.6) is 0 Å². The first-order valence-corrected chi connectivity index (χ1v) is 5.31. The largest absolute Gasteiger partial charge is 0.393 e. The third-order valence-electron chi connectivity index (χ3n) is 4.26. The molecule has 1 heteroatoms. The first-order chi connectivity index (χ1) is 5.94. The molecule has 0 spiro atoms. The minimum absolute atomic E-state index is 0.173. The molecule has 1 N–H and O–H groups in total. The highest BCUT2D eigenvalue weighted by molar-refractivity contribution is 5.25. The Balaban J connectivity index is 2.17. The maximum Gasteiger partial charge on any atom is 0.0577 e. The van der Waals surface area contributed by atoms with Crippen molar-refractivity contribution in [3.8, 4) is 0 Å². The van der Waals surface area contributed by atoms with Crippen molar-refractivity contribution in [3.63, 3.8) is 0 Å². The standard InChI is InChI=1S/C12H20O/c1-7-5-10-11(12(10,3)4)6-9(7)8(2)13/h5,8-11,13H,6H2,1-4H3/t8-,9-,10+,11-/m1/s1. The van der Waals surface area contributed by atoms with Gasteiger partial charge >= 0.3 is 0 Å². The Morgan fingerprint density at radius 2 is 2.15 bits per heavy atom. The van der Waals surface area contributed by atoms with E-state index in [-0.39, 0.29) is 6.10 Å². The molecular weight excluding hydrogens is 160 g/mol. The monoisotopic (exact) mass is 180 g/mol. The summed E-state index contributed by atoms with van der Waals surface area (Å²) in [4.78, 5) is 0. The van der Waals surface area contributed by atoms with E-state index in [1.807, 2.05) is 6.92 Å². The summed E-state index contributed by atoms with van der Waals surface area (Å²) in [5.41, 5.74) is 1.91. The summed E-state index contributed by atoms with van der Waals surface area (Å²) < 4.78 is 0. The first-order valence-electron chi connectivity index (χ1n) is 5.31. The molecular formula is C12H20O. The molecule has 0 aromatic carbocycles. The molecule has 0 radical (unpaired) electrons. The summed E-state index contributed by atoms with van der Waals surface area (Å²) in [6.07, 6.45) is 3.41. The van der Waals surface area contributed by atoms with E-state index in [9.17, 15) is 5.11 Å². The molecule has 0 aromatic rings. The van der Waals surface area contributed by atoms with Gasteiger partial charge < -0.3 is 5.11 Å². The smallest absolute Gasteiger partial charge is 0.0577 e. The Labute approximate surface area is 80.8 Å². The molecule has 0 amide bonds. The number of hydrogen-bond acceptors (Lipinski definition) is 1. The normalized spacial score (nSPS) is 43.5.